The number of nitrogens with zero attached hydrogens (tertiary/aromatic N) is 4. The van der Waals surface area contributed by atoms with Crippen LogP contribution in [0.2, 0.25) is 0 Å². The summed E-state index contributed by atoms with van der Waals surface area (Å²) in [6.45, 7) is 0. The number of carbonyl (C=O) groups excluding carboxylic acids is 2. The van der Waals surface area contributed by atoms with Gasteiger partial charge in [-0.1, -0.05) is 36.5 Å². The summed E-state index contributed by atoms with van der Waals surface area (Å²) in [7, 11) is -21.0. The molecule has 20 nitrogen and oxygen atoms in total. The third kappa shape index (κ3) is 12.7. The van der Waals surface area contributed by atoms with Gasteiger partial charge in [0.25, 0.3) is 11.8 Å². The summed E-state index contributed by atoms with van der Waals surface area (Å²) in [5.41, 5.74) is 10.1. The molecule has 0 saturated carbocycles. The van der Waals surface area contributed by atoms with E-state index in [-0.39, 0.29) is 130 Å². The van der Waals surface area contributed by atoms with E-state index < -0.39 is 95.0 Å². The van der Waals surface area contributed by atoms with Crippen LogP contribution in [-0.2, 0) is 50.1 Å². The second-order valence-corrected chi connectivity index (χ2v) is 15.1. The van der Waals surface area contributed by atoms with Crippen molar-refractivity contribution < 1.29 is 180 Å². The third-order valence-corrected chi connectivity index (χ3v) is 9.65. The van der Waals surface area contributed by atoms with E-state index in [1.165, 1.54) is 36.5 Å². The zero-order valence-electron chi connectivity index (χ0n) is 27.9. The Bertz CT molecular complexity index is 2390. The number of hydrogen-bond acceptors (Lipinski definition) is 18. The molecule has 0 bridgehead atoms. The van der Waals surface area contributed by atoms with E-state index >= 15 is 0 Å². The Morgan fingerprint density at radius 1 is 0.623 bits per heavy atom. The van der Waals surface area contributed by atoms with Crippen LogP contribution in [0.15, 0.2) is 114 Å². The molecule has 260 valence electrons. The van der Waals surface area contributed by atoms with Crippen molar-refractivity contribution in [2.24, 2.45) is 27.6 Å². The molecular weight excluding hydrogens is 829 g/mol. The minimum Gasteiger partial charge on any atom is -0.744 e. The third-order valence-electron chi connectivity index (χ3n) is 6.33. The standard InChI is InChI=1S/C25H22N6O14S4.4Na/c26-22-18(24(32)30(28-22)14-10-16(47(37,38)39)12-17(11-14)48(40,41)42)6-4-2-1-3-5-7-19-23(27)29-31(25(19)33)20-9-8-15(46(34,35)36)13-21(20)49(43,44)45;;;;/h1-13,18H,(H2,26,28)(H2,27,29)(H,34,35,36)(H,37,38,39)(H,40,41,42)(H,43,44,45);;;;/q;4*+1/p-4/b2-1+,5-3+,6-4+,19-7-;;;;. The zero-order chi connectivity index (χ0) is 36.7. The monoisotopic (exact) mass is 846 g/mol. The van der Waals surface area contributed by atoms with Gasteiger partial charge in [0.05, 0.1) is 36.5 Å². The van der Waals surface area contributed by atoms with Gasteiger partial charge in [0.15, 0.2) is 5.84 Å². The number of allylic oxidation sites excluding steroid dienone is 6. The molecule has 0 saturated heterocycles. The van der Waals surface area contributed by atoms with E-state index in [1.807, 2.05) is 0 Å². The Labute approximate surface area is 391 Å². The first-order chi connectivity index (χ1) is 22.5. The minimum atomic E-state index is -5.40. The van der Waals surface area contributed by atoms with E-state index in [2.05, 4.69) is 10.2 Å². The molecule has 0 aliphatic carbocycles. The molecule has 0 aromatic heterocycles. The molecule has 2 aliphatic heterocycles. The van der Waals surface area contributed by atoms with Gasteiger partial charge < -0.3 is 29.7 Å². The molecule has 0 spiro atoms. The molecule has 4 N–H and O–H groups in total. The van der Waals surface area contributed by atoms with E-state index in [0.29, 0.717) is 40.3 Å². The summed E-state index contributed by atoms with van der Waals surface area (Å²) < 4.78 is 138. The van der Waals surface area contributed by atoms with E-state index in [4.69, 9.17) is 11.5 Å². The van der Waals surface area contributed by atoms with Gasteiger partial charge in [-0.3, -0.25) is 9.59 Å². The van der Waals surface area contributed by atoms with Crippen LogP contribution in [0.5, 0.6) is 0 Å². The SMILES string of the molecule is NC1=NN(c2ccc(S(=O)(=O)[O-])cc2S(=O)(=O)[O-])C(=O)\C1=C/C=C/C=C/C=C/C1C(=O)N(c2cc(S(=O)(=O)[O-])cc(S(=O)(=O)[O-])c2)N=C1N.[Na+].[Na+].[Na+].[Na+]. The Balaban J connectivity index is 0.00000676. The topological polar surface area (TPSA) is 346 Å². The molecule has 2 heterocycles. The van der Waals surface area contributed by atoms with Crippen LogP contribution < -0.4 is 140 Å². The fourth-order valence-corrected chi connectivity index (χ4v) is 6.51. The van der Waals surface area contributed by atoms with E-state index in [0.717, 1.165) is 12.1 Å². The number of hydrazone groups is 2. The molecule has 1 unspecified atom stereocenters. The van der Waals surface area contributed by atoms with Crippen molar-refractivity contribution in [1.29, 1.82) is 0 Å². The van der Waals surface area contributed by atoms with Crippen LogP contribution in [0.1, 0.15) is 0 Å². The minimum absolute atomic E-state index is 0. The average molecular weight is 847 g/mol. The first-order valence-electron chi connectivity index (χ1n) is 12.7. The maximum atomic E-state index is 12.9. The quantitative estimate of drug-likeness (QED) is 0.0970. The van der Waals surface area contributed by atoms with Gasteiger partial charge in [0, 0.05) is 0 Å². The first-order valence-corrected chi connectivity index (χ1v) is 18.3. The number of nitrogens with two attached hydrogens (primary N) is 2. The number of amidine groups is 2. The second kappa shape index (κ2) is 19.9. The molecule has 2 amide bonds. The molecule has 28 heteroatoms. The van der Waals surface area contributed by atoms with Gasteiger partial charge in [-0.2, -0.15) is 15.1 Å². The predicted molar refractivity (Wildman–Crippen MR) is 162 cm³/mol. The number of carbonyl (C=O) groups is 2. The van der Waals surface area contributed by atoms with Crippen molar-refractivity contribution in [1.82, 2.24) is 0 Å². The Hall–Kier alpha value is -1.08. The van der Waals surface area contributed by atoms with Crippen molar-refractivity contribution >= 4 is 75.3 Å². The van der Waals surface area contributed by atoms with Crippen molar-refractivity contribution in [2.45, 2.75) is 19.6 Å². The predicted octanol–water partition coefficient (Wildman–Crippen LogP) is -13.5. The maximum Gasteiger partial charge on any atom is 1.00 e. The normalized spacial score (nSPS) is 17.4. The maximum absolute atomic E-state index is 12.9. The number of benzene rings is 2. The average Bonchev–Trinajstić information content (AvgIpc) is 3.43. The van der Waals surface area contributed by atoms with Crippen molar-refractivity contribution in [3.05, 3.63) is 84.5 Å². The molecule has 2 aliphatic rings. The van der Waals surface area contributed by atoms with Crippen LogP contribution in [0.25, 0.3) is 0 Å². The van der Waals surface area contributed by atoms with Crippen LogP contribution in [0, 0.1) is 5.92 Å². The van der Waals surface area contributed by atoms with Crippen LogP contribution in [-0.4, -0.2) is 75.4 Å². The molecule has 2 aromatic carbocycles. The molecule has 0 fully saturated rings. The Kier molecular flexibility index (Phi) is 19.5. The van der Waals surface area contributed by atoms with Gasteiger partial charge in [-0.15, -0.1) is 5.10 Å². The fraction of sp³-hybridized carbons (Fsp3) is 0.0400. The van der Waals surface area contributed by atoms with Crippen molar-refractivity contribution in [3.8, 4) is 0 Å². The van der Waals surface area contributed by atoms with Gasteiger partial charge in [0.2, 0.25) is 0 Å². The van der Waals surface area contributed by atoms with Gasteiger partial charge in [-0.05, 0) is 42.5 Å². The number of amides is 2. The summed E-state index contributed by atoms with van der Waals surface area (Å²) in [6.07, 6.45) is 9.15. The summed E-state index contributed by atoms with van der Waals surface area (Å²) in [5.74, 6) is -3.86. The summed E-state index contributed by atoms with van der Waals surface area (Å²) >= 11 is 0. The summed E-state index contributed by atoms with van der Waals surface area (Å²) in [4.78, 5) is 21.4. The zero-order valence-corrected chi connectivity index (χ0v) is 39.1. The van der Waals surface area contributed by atoms with Gasteiger partial charge in [-0.25, -0.2) is 33.7 Å². The van der Waals surface area contributed by atoms with E-state index in [1.54, 1.807) is 0 Å². The number of anilines is 2. The second-order valence-electron chi connectivity index (χ2n) is 9.60. The van der Waals surface area contributed by atoms with Gasteiger partial charge >= 0.3 is 118 Å². The molecule has 0 radical (unpaired) electrons. The van der Waals surface area contributed by atoms with Crippen LogP contribution >= 0.6 is 0 Å². The number of rotatable bonds is 10. The van der Waals surface area contributed by atoms with Crippen molar-refractivity contribution in [3.63, 3.8) is 0 Å². The molecule has 4 rings (SSSR count). The molecule has 53 heavy (non-hydrogen) atoms. The number of hydrogen-bond donors (Lipinski definition) is 2. The Morgan fingerprint density at radius 3 is 1.64 bits per heavy atom. The van der Waals surface area contributed by atoms with Crippen molar-refractivity contribution in [2.75, 3.05) is 10.0 Å². The summed E-state index contributed by atoms with van der Waals surface area (Å²) in [5, 5.41) is 8.41. The Morgan fingerprint density at radius 2 is 1.13 bits per heavy atom. The largest absolute Gasteiger partial charge is 1.00 e. The smallest absolute Gasteiger partial charge is 0.744 e. The molecule has 1 atom stereocenters. The van der Waals surface area contributed by atoms with Gasteiger partial charge in [0.1, 0.15) is 52.2 Å². The summed E-state index contributed by atoms with van der Waals surface area (Å²) in [6, 6.07) is 3.33. The van der Waals surface area contributed by atoms with E-state index in [9.17, 15) is 61.5 Å². The first kappa shape index (κ1) is 51.9. The van der Waals surface area contributed by atoms with Crippen LogP contribution in [0.3, 0.4) is 0 Å². The molecule has 2 aromatic rings. The fourth-order valence-electron chi connectivity index (χ4n) is 4.11. The molecular formula is C25H18N6Na4O14S4. The van der Waals surface area contributed by atoms with Crippen LogP contribution in [0.4, 0.5) is 11.4 Å².